The SMILES string of the molecule is COc1cc2nccc(Oc3ccc(NC(=O)[C@H]4[C@@H](C(=O)Nc5ccc(F)cc5)C4(C)C)cc3F)c2cc1OCCCO. The summed E-state index contributed by atoms with van der Waals surface area (Å²) in [6.45, 7) is 3.87. The highest BCUT2D eigenvalue weighted by atomic mass is 19.1. The zero-order chi connectivity index (χ0) is 30.7. The van der Waals surface area contributed by atoms with E-state index in [1.54, 1.807) is 32.0 Å². The number of benzene rings is 3. The fraction of sp³-hybridized carbons (Fsp3) is 0.281. The number of aliphatic hydroxyl groups excluding tert-OH is 1. The lowest BCUT2D eigenvalue weighted by molar-refractivity contribution is -0.122. The monoisotopic (exact) mass is 591 g/mol. The number of halogens is 2. The van der Waals surface area contributed by atoms with Crippen LogP contribution in [-0.4, -0.2) is 42.2 Å². The summed E-state index contributed by atoms with van der Waals surface area (Å²) in [5.74, 6) is -2.02. The largest absolute Gasteiger partial charge is 0.493 e. The van der Waals surface area contributed by atoms with Gasteiger partial charge >= 0.3 is 0 Å². The third-order valence-electron chi connectivity index (χ3n) is 7.47. The van der Waals surface area contributed by atoms with E-state index in [4.69, 9.17) is 19.3 Å². The van der Waals surface area contributed by atoms with Crippen LogP contribution in [0.3, 0.4) is 0 Å². The Kier molecular flexibility index (Phi) is 8.45. The molecule has 11 heteroatoms. The molecule has 0 saturated heterocycles. The molecule has 0 aliphatic heterocycles. The molecule has 0 unspecified atom stereocenters. The highest BCUT2D eigenvalue weighted by Crippen LogP contribution is 2.59. The Morgan fingerprint density at radius 2 is 1.56 bits per heavy atom. The van der Waals surface area contributed by atoms with Gasteiger partial charge in [0.25, 0.3) is 0 Å². The minimum absolute atomic E-state index is 0.0204. The third kappa shape index (κ3) is 6.36. The van der Waals surface area contributed by atoms with Gasteiger partial charge in [0.05, 0.1) is 31.1 Å². The number of fused-ring (bicyclic) bond motifs is 1. The van der Waals surface area contributed by atoms with Gasteiger partial charge in [-0.15, -0.1) is 0 Å². The van der Waals surface area contributed by atoms with E-state index in [0.717, 1.165) is 6.07 Å². The molecule has 1 aliphatic rings. The molecule has 0 bridgehead atoms. The number of anilines is 2. The first kappa shape index (κ1) is 29.7. The van der Waals surface area contributed by atoms with Gasteiger partial charge in [-0.1, -0.05) is 13.8 Å². The Labute approximate surface area is 246 Å². The second-order valence-corrected chi connectivity index (χ2v) is 10.8. The van der Waals surface area contributed by atoms with Crippen LogP contribution in [0.5, 0.6) is 23.0 Å². The lowest BCUT2D eigenvalue weighted by atomic mass is 10.1. The number of rotatable bonds is 11. The molecule has 0 spiro atoms. The van der Waals surface area contributed by atoms with Crippen LogP contribution in [0.25, 0.3) is 10.9 Å². The molecule has 1 heterocycles. The van der Waals surface area contributed by atoms with Crippen molar-refractivity contribution in [3.05, 3.63) is 78.5 Å². The molecule has 4 aromatic rings. The summed E-state index contributed by atoms with van der Waals surface area (Å²) >= 11 is 0. The minimum atomic E-state index is -0.712. The molecule has 224 valence electrons. The highest BCUT2D eigenvalue weighted by molar-refractivity contribution is 6.04. The Balaban J connectivity index is 1.28. The molecule has 0 radical (unpaired) electrons. The summed E-state index contributed by atoms with van der Waals surface area (Å²) in [6, 6.07) is 14.4. The first-order valence-electron chi connectivity index (χ1n) is 13.7. The Hall–Kier alpha value is -4.77. The topological polar surface area (TPSA) is 119 Å². The van der Waals surface area contributed by atoms with E-state index in [-0.39, 0.29) is 30.6 Å². The van der Waals surface area contributed by atoms with Crippen molar-refractivity contribution in [2.24, 2.45) is 17.3 Å². The van der Waals surface area contributed by atoms with E-state index in [0.29, 0.717) is 40.3 Å². The summed E-state index contributed by atoms with van der Waals surface area (Å²) in [7, 11) is 1.50. The van der Waals surface area contributed by atoms with Crippen molar-refractivity contribution >= 4 is 34.1 Å². The van der Waals surface area contributed by atoms with Crippen molar-refractivity contribution in [3.8, 4) is 23.0 Å². The van der Waals surface area contributed by atoms with Gasteiger partial charge in [0, 0.05) is 48.1 Å². The maximum Gasteiger partial charge on any atom is 0.228 e. The van der Waals surface area contributed by atoms with Crippen LogP contribution in [-0.2, 0) is 9.59 Å². The second-order valence-electron chi connectivity index (χ2n) is 10.8. The number of aromatic nitrogens is 1. The Bertz CT molecular complexity index is 1660. The molecule has 2 amide bonds. The van der Waals surface area contributed by atoms with Gasteiger partial charge in [0.1, 0.15) is 11.6 Å². The number of ether oxygens (including phenoxy) is 3. The van der Waals surface area contributed by atoms with Crippen molar-refractivity contribution in [2.75, 3.05) is 31.0 Å². The van der Waals surface area contributed by atoms with Gasteiger partial charge in [0.15, 0.2) is 23.1 Å². The van der Waals surface area contributed by atoms with E-state index < -0.39 is 34.8 Å². The number of amides is 2. The van der Waals surface area contributed by atoms with Crippen LogP contribution in [0.15, 0.2) is 66.9 Å². The molecular weight excluding hydrogens is 560 g/mol. The van der Waals surface area contributed by atoms with E-state index in [2.05, 4.69) is 15.6 Å². The third-order valence-corrected chi connectivity index (χ3v) is 7.47. The lowest BCUT2D eigenvalue weighted by Gasteiger charge is -2.14. The molecule has 9 nitrogen and oxygen atoms in total. The predicted octanol–water partition coefficient (Wildman–Crippen LogP) is 5.92. The van der Waals surface area contributed by atoms with Gasteiger partial charge < -0.3 is 30.0 Å². The molecule has 1 saturated carbocycles. The molecule has 1 aromatic heterocycles. The maximum atomic E-state index is 15.2. The average molecular weight is 592 g/mol. The molecule has 5 rings (SSSR count). The Morgan fingerprint density at radius 3 is 2.21 bits per heavy atom. The predicted molar refractivity (Wildman–Crippen MR) is 156 cm³/mol. The standard InChI is InChI=1S/C32H31F2N3O6/c1-32(2)28(30(39)36-19-7-5-18(33)6-8-19)29(32)31(40)37-20-9-10-25(22(34)15-20)43-24-11-12-35-23-17-26(41-3)27(16-21(23)24)42-14-4-13-38/h5-12,15-17,28-29,38H,4,13-14H2,1-3H3,(H,36,39)(H,37,40)/t28-,29+/m0/s1. The smallest absolute Gasteiger partial charge is 0.228 e. The summed E-state index contributed by atoms with van der Waals surface area (Å²) in [5, 5.41) is 15.0. The second kappa shape index (κ2) is 12.2. The number of carbonyl (C=O) groups excluding carboxylic acids is 2. The summed E-state index contributed by atoms with van der Waals surface area (Å²) in [5.41, 5.74) is 0.552. The van der Waals surface area contributed by atoms with Crippen molar-refractivity contribution in [1.82, 2.24) is 4.98 Å². The van der Waals surface area contributed by atoms with E-state index in [9.17, 15) is 14.0 Å². The van der Waals surface area contributed by atoms with Gasteiger partial charge in [-0.3, -0.25) is 14.6 Å². The average Bonchev–Trinajstić information content (AvgIpc) is 3.57. The summed E-state index contributed by atoms with van der Waals surface area (Å²) in [6.07, 6.45) is 1.96. The zero-order valence-corrected chi connectivity index (χ0v) is 23.8. The summed E-state index contributed by atoms with van der Waals surface area (Å²) < 4.78 is 45.4. The molecule has 1 aliphatic carbocycles. The van der Waals surface area contributed by atoms with E-state index >= 15 is 4.39 Å². The molecular formula is C32H31F2N3O6. The van der Waals surface area contributed by atoms with Crippen molar-refractivity contribution in [1.29, 1.82) is 0 Å². The lowest BCUT2D eigenvalue weighted by Crippen LogP contribution is -2.20. The quantitative estimate of drug-likeness (QED) is 0.185. The van der Waals surface area contributed by atoms with Crippen molar-refractivity contribution in [2.45, 2.75) is 20.3 Å². The Morgan fingerprint density at radius 1 is 0.884 bits per heavy atom. The molecule has 3 N–H and O–H groups in total. The van der Waals surface area contributed by atoms with Gasteiger partial charge in [0.2, 0.25) is 11.8 Å². The molecule has 3 aromatic carbocycles. The number of methoxy groups -OCH3 is 1. The van der Waals surface area contributed by atoms with Gasteiger partial charge in [-0.05, 0) is 53.9 Å². The van der Waals surface area contributed by atoms with Gasteiger partial charge in [-0.25, -0.2) is 8.78 Å². The van der Waals surface area contributed by atoms with Crippen LogP contribution >= 0.6 is 0 Å². The van der Waals surface area contributed by atoms with Crippen LogP contribution in [0, 0.1) is 28.9 Å². The normalized spacial score (nSPS) is 16.8. The molecule has 43 heavy (non-hydrogen) atoms. The highest BCUT2D eigenvalue weighted by Gasteiger charge is 2.65. The number of pyridine rings is 1. The van der Waals surface area contributed by atoms with Crippen molar-refractivity contribution < 1.29 is 37.7 Å². The maximum absolute atomic E-state index is 15.2. The van der Waals surface area contributed by atoms with Crippen LogP contribution in [0.1, 0.15) is 20.3 Å². The zero-order valence-electron chi connectivity index (χ0n) is 23.8. The number of aliphatic hydroxyl groups is 1. The number of hydrogen-bond acceptors (Lipinski definition) is 7. The molecule has 2 atom stereocenters. The summed E-state index contributed by atoms with van der Waals surface area (Å²) in [4.78, 5) is 30.3. The van der Waals surface area contributed by atoms with Crippen LogP contribution in [0.2, 0.25) is 0 Å². The number of nitrogens with zero attached hydrogens (tertiary/aromatic N) is 1. The number of nitrogens with one attached hydrogen (secondary N) is 2. The number of carbonyl (C=O) groups is 2. The fourth-order valence-electron chi connectivity index (χ4n) is 5.11. The van der Waals surface area contributed by atoms with E-state index in [1.165, 1.54) is 49.7 Å². The fourth-order valence-corrected chi connectivity index (χ4v) is 5.11. The van der Waals surface area contributed by atoms with Crippen LogP contribution < -0.4 is 24.8 Å². The van der Waals surface area contributed by atoms with Crippen molar-refractivity contribution in [3.63, 3.8) is 0 Å². The first-order valence-corrected chi connectivity index (χ1v) is 13.7. The van der Waals surface area contributed by atoms with Crippen LogP contribution in [0.4, 0.5) is 20.2 Å². The van der Waals surface area contributed by atoms with E-state index in [1.807, 2.05) is 0 Å². The minimum Gasteiger partial charge on any atom is -0.493 e. The number of hydrogen-bond donors (Lipinski definition) is 3. The molecule has 1 fully saturated rings. The van der Waals surface area contributed by atoms with Gasteiger partial charge in [-0.2, -0.15) is 0 Å². The first-order chi connectivity index (χ1) is 20.6.